The van der Waals surface area contributed by atoms with Crippen molar-refractivity contribution >= 4 is 24.0 Å². The molecule has 0 spiro atoms. The fourth-order valence-corrected chi connectivity index (χ4v) is 3.05. The second-order valence-corrected chi connectivity index (χ2v) is 6.67. The molecule has 3 aromatic carbocycles. The second kappa shape index (κ2) is 11.6. The van der Waals surface area contributed by atoms with Crippen molar-refractivity contribution in [2.75, 3.05) is 13.7 Å². The molecule has 0 unspecified atom stereocenters. The van der Waals surface area contributed by atoms with Crippen LogP contribution in [0.5, 0.6) is 11.5 Å². The Balaban J connectivity index is 0.00000280. The van der Waals surface area contributed by atoms with Gasteiger partial charge in [0.15, 0.2) is 11.5 Å². The summed E-state index contributed by atoms with van der Waals surface area (Å²) in [5, 5.41) is 4.20. The largest absolute Gasteiger partial charge is 0.493 e. The average Bonchev–Trinajstić information content (AvgIpc) is 2.71. The highest BCUT2D eigenvalue weighted by atomic mass is 35.5. The van der Waals surface area contributed by atoms with Crippen LogP contribution in [0, 0.1) is 0 Å². The van der Waals surface area contributed by atoms with Gasteiger partial charge >= 0.3 is 0 Å². The normalized spacial score (nSPS) is 10.2. The monoisotopic (exact) mass is 417 g/mol. The van der Waals surface area contributed by atoms with Gasteiger partial charge in [0.05, 0.1) is 13.7 Å². The van der Waals surface area contributed by atoms with E-state index in [1.165, 1.54) is 5.56 Å². The Labute approximate surface area is 178 Å². The zero-order valence-electron chi connectivity index (χ0n) is 15.9. The van der Waals surface area contributed by atoms with Gasteiger partial charge in [-0.3, -0.25) is 0 Å². The summed E-state index contributed by atoms with van der Waals surface area (Å²) in [5.41, 5.74) is 3.48. The number of hydrogen-bond acceptors (Lipinski definition) is 3. The minimum absolute atomic E-state index is 0. The lowest BCUT2D eigenvalue weighted by Crippen LogP contribution is -2.13. The van der Waals surface area contributed by atoms with Crippen LogP contribution in [-0.4, -0.2) is 13.7 Å². The molecule has 5 heteroatoms. The molecule has 0 aliphatic carbocycles. The molecule has 0 saturated carbocycles. The predicted molar refractivity (Wildman–Crippen MR) is 118 cm³/mol. The molecule has 0 saturated heterocycles. The van der Waals surface area contributed by atoms with Crippen LogP contribution in [0.1, 0.15) is 16.7 Å². The molecule has 3 rings (SSSR count). The molecule has 0 aromatic heterocycles. The smallest absolute Gasteiger partial charge is 0.161 e. The van der Waals surface area contributed by atoms with Crippen LogP contribution in [0.2, 0.25) is 5.02 Å². The van der Waals surface area contributed by atoms with E-state index in [4.69, 9.17) is 21.1 Å². The van der Waals surface area contributed by atoms with Gasteiger partial charge in [0.2, 0.25) is 0 Å². The Kier molecular flexibility index (Phi) is 9.15. The van der Waals surface area contributed by atoms with E-state index >= 15 is 0 Å². The maximum atomic E-state index is 6.19. The first kappa shape index (κ1) is 22.1. The number of hydrogen-bond donors (Lipinski definition) is 1. The molecule has 0 aliphatic heterocycles. The van der Waals surface area contributed by atoms with E-state index in [1.807, 2.05) is 54.6 Å². The van der Waals surface area contributed by atoms with Crippen LogP contribution in [0.4, 0.5) is 0 Å². The highest BCUT2D eigenvalue weighted by molar-refractivity contribution is 6.31. The van der Waals surface area contributed by atoms with Gasteiger partial charge in [-0.15, -0.1) is 12.4 Å². The molecular formula is C23H25Cl2NO2. The summed E-state index contributed by atoms with van der Waals surface area (Å²) in [6, 6.07) is 24.2. The third-order valence-electron chi connectivity index (χ3n) is 4.32. The van der Waals surface area contributed by atoms with E-state index in [2.05, 4.69) is 23.5 Å². The Morgan fingerprint density at radius 3 is 2.32 bits per heavy atom. The summed E-state index contributed by atoms with van der Waals surface area (Å²) >= 11 is 6.19. The van der Waals surface area contributed by atoms with E-state index in [0.717, 1.165) is 47.2 Å². The predicted octanol–water partition coefficient (Wildman–Crippen LogP) is 5.68. The van der Waals surface area contributed by atoms with Gasteiger partial charge in [0.25, 0.3) is 0 Å². The summed E-state index contributed by atoms with van der Waals surface area (Å²) in [4.78, 5) is 0. The first-order valence-corrected chi connectivity index (χ1v) is 9.42. The van der Waals surface area contributed by atoms with Gasteiger partial charge in [0.1, 0.15) is 0 Å². The maximum Gasteiger partial charge on any atom is 0.161 e. The minimum Gasteiger partial charge on any atom is -0.493 e. The zero-order valence-corrected chi connectivity index (χ0v) is 17.4. The van der Waals surface area contributed by atoms with Crippen LogP contribution in [0.25, 0.3) is 0 Å². The quantitative estimate of drug-likeness (QED) is 0.485. The van der Waals surface area contributed by atoms with Crippen molar-refractivity contribution in [3.63, 3.8) is 0 Å². The third kappa shape index (κ3) is 6.45. The lowest BCUT2D eigenvalue weighted by molar-refractivity contribution is 0.297. The number of rotatable bonds is 9. The van der Waals surface area contributed by atoms with Gasteiger partial charge in [-0.1, -0.05) is 66.2 Å². The molecule has 0 amide bonds. The van der Waals surface area contributed by atoms with E-state index in [0.29, 0.717) is 6.61 Å². The van der Waals surface area contributed by atoms with E-state index in [9.17, 15) is 0 Å². The standard InChI is InChI=1S/C23H24ClNO2.ClH/c1-26-23-15-19(16-25-17-20-9-5-6-10-21(20)24)11-12-22(23)27-14-13-18-7-3-2-4-8-18;/h2-12,15,25H,13-14,16-17H2,1H3;1H. The van der Waals surface area contributed by atoms with Crippen molar-refractivity contribution in [2.45, 2.75) is 19.5 Å². The number of halogens is 2. The summed E-state index contributed by atoms with van der Waals surface area (Å²) < 4.78 is 11.4. The van der Waals surface area contributed by atoms with Gasteiger partial charge in [-0.05, 0) is 34.9 Å². The van der Waals surface area contributed by atoms with E-state index in [1.54, 1.807) is 7.11 Å². The zero-order chi connectivity index (χ0) is 18.9. The fourth-order valence-electron chi connectivity index (χ4n) is 2.85. The van der Waals surface area contributed by atoms with Gasteiger partial charge < -0.3 is 14.8 Å². The lowest BCUT2D eigenvalue weighted by Gasteiger charge is -2.13. The molecule has 3 nitrogen and oxygen atoms in total. The van der Waals surface area contributed by atoms with Crippen molar-refractivity contribution in [2.24, 2.45) is 0 Å². The molecule has 1 N–H and O–H groups in total. The van der Waals surface area contributed by atoms with Crippen LogP contribution in [0.3, 0.4) is 0 Å². The maximum absolute atomic E-state index is 6.19. The van der Waals surface area contributed by atoms with Gasteiger partial charge in [-0.2, -0.15) is 0 Å². The van der Waals surface area contributed by atoms with Crippen molar-refractivity contribution in [3.05, 3.63) is 94.5 Å². The minimum atomic E-state index is 0. The van der Waals surface area contributed by atoms with Crippen molar-refractivity contribution in [1.29, 1.82) is 0 Å². The van der Waals surface area contributed by atoms with E-state index in [-0.39, 0.29) is 12.4 Å². The molecule has 0 heterocycles. The Morgan fingerprint density at radius 1 is 0.821 bits per heavy atom. The molecule has 0 fully saturated rings. The van der Waals surface area contributed by atoms with Crippen molar-refractivity contribution < 1.29 is 9.47 Å². The SMILES string of the molecule is COc1cc(CNCc2ccccc2Cl)ccc1OCCc1ccccc1.Cl. The molecule has 28 heavy (non-hydrogen) atoms. The fraction of sp³-hybridized carbons (Fsp3) is 0.217. The number of methoxy groups -OCH3 is 1. The number of ether oxygens (including phenoxy) is 2. The first-order chi connectivity index (χ1) is 13.3. The van der Waals surface area contributed by atoms with Gasteiger partial charge in [-0.25, -0.2) is 0 Å². The molecule has 0 radical (unpaired) electrons. The Bertz CT molecular complexity index is 856. The topological polar surface area (TPSA) is 30.5 Å². The number of benzene rings is 3. The summed E-state index contributed by atoms with van der Waals surface area (Å²) in [6.07, 6.45) is 0.866. The molecule has 0 atom stereocenters. The van der Waals surface area contributed by atoms with Gasteiger partial charge in [0, 0.05) is 24.5 Å². The highest BCUT2D eigenvalue weighted by Crippen LogP contribution is 2.28. The number of nitrogens with one attached hydrogen (secondary N) is 1. The van der Waals surface area contributed by atoms with Crippen molar-refractivity contribution in [3.8, 4) is 11.5 Å². The lowest BCUT2D eigenvalue weighted by atomic mass is 10.1. The first-order valence-electron chi connectivity index (χ1n) is 9.04. The molecule has 148 valence electrons. The van der Waals surface area contributed by atoms with Crippen LogP contribution in [0.15, 0.2) is 72.8 Å². The molecular weight excluding hydrogens is 393 g/mol. The highest BCUT2D eigenvalue weighted by Gasteiger charge is 2.06. The van der Waals surface area contributed by atoms with Crippen LogP contribution in [-0.2, 0) is 19.5 Å². The second-order valence-electron chi connectivity index (χ2n) is 6.26. The average molecular weight is 418 g/mol. The Morgan fingerprint density at radius 2 is 1.57 bits per heavy atom. The summed E-state index contributed by atoms with van der Waals surface area (Å²) in [6.45, 7) is 2.06. The Hall–Kier alpha value is -2.20. The third-order valence-corrected chi connectivity index (χ3v) is 4.69. The van der Waals surface area contributed by atoms with Crippen LogP contribution >= 0.6 is 24.0 Å². The van der Waals surface area contributed by atoms with Crippen molar-refractivity contribution in [1.82, 2.24) is 5.32 Å². The molecule has 0 bridgehead atoms. The molecule has 0 aliphatic rings. The molecule has 3 aromatic rings. The summed E-state index contributed by atoms with van der Waals surface area (Å²) in [7, 11) is 1.67. The summed E-state index contributed by atoms with van der Waals surface area (Å²) in [5.74, 6) is 1.52. The van der Waals surface area contributed by atoms with Crippen LogP contribution < -0.4 is 14.8 Å². The van der Waals surface area contributed by atoms with E-state index < -0.39 is 0 Å².